The van der Waals surface area contributed by atoms with Crippen LogP contribution in [0.4, 0.5) is 0 Å². The van der Waals surface area contributed by atoms with Crippen LogP contribution in [0.5, 0.6) is 0 Å². The van der Waals surface area contributed by atoms with E-state index >= 15 is 0 Å². The van der Waals surface area contributed by atoms with Crippen molar-refractivity contribution in [2.45, 2.75) is 37.8 Å². The van der Waals surface area contributed by atoms with Crippen LogP contribution in [0.1, 0.15) is 37.9 Å². The molecule has 1 aromatic heterocycles. The van der Waals surface area contributed by atoms with E-state index in [0.29, 0.717) is 0 Å². The van der Waals surface area contributed by atoms with Crippen molar-refractivity contribution in [3.05, 3.63) is 30.1 Å². The lowest BCUT2D eigenvalue weighted by Gasteiger charge is -2.41. The summed E-state index contributed by atoms with van der Waals surface area (Å²) in [6, 6.07) is 6.31. The van der Waals surface area contributed by atoms with Crippen LogP contribution in [0.3, 0.4) is 0 Å². The van der Waals surface area contributed by atoms with E-state index in [9.17, 15) is 0 Å². The molecule has 1 aromatic rings. The van der Waals surface area contributed by atoms with Crippen LogP contribution >= 0.6 is 0 Å². The van der Waals surface area contributed by atoms with E-state index in [1.54, 1.807) is 0 Å². The van der Waals surface area contributed by atoms with Gasteiger partial charge in [-0.3, -0.25) is 4.98 Å². The second-order valence-corrected chi connectivity index (χ2v) is 4.60. The van der Waals surface area contributed by atoms with Crippen molar-refractivity contribution in [1.82, 2.24) is 10.3 Å². The fraction of sp³-hybridized carbons (Fsp3) is 0.615. The molecule has 0 amide bonds. The number of nitrogens with zero attached hydrogens (tertiary/aromatic N) is 1. The lowest BCUT2D eigenvalue weighted by molar-refractivity contribution is -0.0707. The molecule has 0 aliphatic heterocycles. The molecule has 1 unspecified atom stereocenters. The molecule has 1 atom stereocenters. The summed E-state index contributed by atoms with van der Waals surface area (Å²) >= 11 is 0. The molecule has 16 heavy (non-hydrogen) atoms. The minimum absolute atomic E-state index is 0.0863. The standard InChI is InChI=1S/C13H20N2O/c1-11(12-6-3-4-9-14-12)15-10-13(16-2)7-5-8-13/h3-4,6,9,11,15H,5,7-8,10H2,1-2H3. The minimum Gasteiger partial charge on any atom is -0.377 e. The number of hydrogen-bond donors (Lipinski definition) is 1. The van der Waals surface area contributed by atoms with Crippen LogP contribution in [0.2, 0.25) is 0 Å². The Morgan fingerprint density at radius 2 is 2.31 bits per heavy atom. The van der Waals surface area contributed by atoms with E-state index in [4.69, 9.17) is 4.74 Å². The number of hydrogen-bond acceptors (Lipinski definition) is 3. The van der Waals surface area contributed by atoms with Gasteiger partial charge in [0.15, 0.2) is 0 Å². The monoisotopic (exact) mass is 220 g/mol. The highest BCUT2D eigenvalue weighted by Gasteiger charge is 2.36. The first kappa shape index (κ1) is 11.6. The molecule has 0 saturated heterocycles. The third-order valence-electron chi connectivity index (χ3n) is 3.56. The quantitative estimate of drug-likeness (QED) is 0.826. The second kappa shape index (κ2) is 4.93. The van der Waals surface area contributed by atoms with Gasteiger partial charge in [-0.15, -0.1) is 0 Å². The van der Waals surface area contributed by atoms with Crippen molar-refractivity contribution in [3.63, 3.8) is 0 Å². The van der Waals surface area contributed by atoms with Crippen LogP contribution < -0.4 is 5.32 Å². The zero-order valence-corrected chi connectivity index (χ0v) is 10.1. The van der Waals surface area contributed by atoms with Gasteiger partial charge in [-0.25, -0.2) is 0 Å². The zero-order valence-electron chi connectivity index (χ0n) is 10.1. The highest BCUT2D eigenvalue weighted by Crippen LogP contribution is 2.34. The van der Waals surface area contributed by atoms with Crippen molar-refractivity contribution in [2.75, 3.05) is 13.7 Å². The Bertz CT molecular complexity index is 316. The predicted octanol–water partition coefficient (Wildman–Crippen LogP) is 2.30. The number of ether oxygens (including phenoxy) is 1. The molecule has 1 aliphatic rings. The highest BCUT2D eigenvalue weighted by molar-refractivity contribution is 5.08. The summed E-state index contributed by atoms with van der Waals surface area (Å²) in [6.07, 6.45) is 5.47. The first-order valence-electron chi connectivity index (χ1n) is 5.95. The molecule has 0 radical (unpaired) electrons. The molecule has 3 nitrogen and oxygen atoms in total. The molecule has 1 saturated carbocycles. The summed E-state index contributed by atoms with van der Waals surface area (Å²) in [7, 11) is 1.81. The third-order valence-corrected chi connectivity index (χ3v) is 3.56. The summed E-state index contributed by atoms with van der Waals surface area (Å²) in [5.41, 5.74) is 1.18. The average Bonchev–Trinajstić information content (AvgIpc) is 2.29. The first-order valence-corrected chi connectivity index (χ1v) is 5.95. The Kier molecular flexibility index (Phi) is 3.56. The van der Waals surface area contributed by atoms with Crippen LogP contribution in [0, 0.1) is 0 Å². The highest BCUT2D eigenvalue weighted by atomic mass is 16.5. The molecule has 1 heterocycles. The van der Waals surface area contributed by atoms with Gasteiger partial charge in [-0.2, -0.15) is 0 Å². The molecule has 1 aliphatic carbocycles. The Labute approximate surface area is 97.2 Å². The average molecular weight is 220 g/mol. The van der Waals surface area contributed by atoms with Gasteiger partial charge < -0.3 is 10.1 Å². The number of aromatic nitrogens is 1. The fourth-order valence-corrected chi connectivity index (χ4v) is 2.10. The van der Waals surface area contributed by atoms with Crippen LogP contribution in [-0.4, -0.2) is 24.2 Å². The molecule has 0 aromatic carbocycles. The van der Waals surface area contributed by atoms with E-state index in [1.165, 1.54) is 19.3 Å². The predicted molar refractivity (Wildman–Crippen MR) is 64.2 cm³/mol. The van der Waals surface area contributed by atoms with Gasteiger partial charge >= 0.3 is 0 Å². The molecule has 1 N–H and O–H groups in total. The van der Waals surface area contributed by atoms with Crippen molar-refractivity contribution in [1.29, 1.82) is 0 Å². The summed E-state index contributed by atoms with van der Waals surface area (Å²) in [6.45, 7) is 3.06. The van der Waals surface area contributed by atoms with Gasteiger partial charge in [0.05, 0.1) is 11.3 Å². The van der Waals surface area contributed by atoms with E-state index < -0.39 is 0 Å². The molecular formula is C13H20N2O. The molecule has 0 bridgehead atoms. The van der Waals surface area contributed by atoms with Gasteiger partial charge in [0.2, 0.25) is 0 Å². The van der Waals surface area contributed by atoms with Crippen LogP contribution in [0.15, 0.2) is 24.4 Å². The molecule has 3 heteroatoms. The van der Waals surface area contributed by atoms with Gasteiger partial charge in [0.1, 0.15) is 0 Å². The summed E-state index contributed by atoms with van der Waals surface area (Å²) in [5, 5.41) is 3.51. The molecular weight excluding hydrogens is 200 g/mol. The summed E-state index contributed by atoms with van der Waals surface area (Å²) in [5.74, 6) is 0. The van der Waals surface area contributed by atoms with Crippen molar-refractivity contribution in [2.24, 2.45) is 0 Å². The number of methoxy groups -OCH3 is 1. The zero-order chi connectivity index (χ0) is 11.4. The first-order chi connectivity index (χ1) is 7.76. The number of pyridine rings is 1. The van der Waals surface area contributed by atoms with Gasteiger partial charge in [-0.05, 0) is 38.3 Å². The summed E-state index contributed by atoms with van der Waals surface area (Å²) < 4.78 is 5.58. The van der Waals surface area contributed by atoms with E-state index in [0.717, 1.165) is 12.2 Å². The van der Waals surface area contributed by atoms with Gasteiger partial charge in [0, 0.05) is 25.9 Å². The topological polar surface area (TPSA) is 34.1 Å². The normalized spacial score (nSPS) is 20.1. The molecule has 2 rings (SSSR count). The van der Waals surface area contributed by atoms with Crippen molar-refractivity contribution < 1.29 is 4.74 Å². The van der Waals surface area contributed by atoms with E-state index in [2.05, 4.69) is 23.3 Å². The molecule has 1 fully saturated rings. The number of nitrogens with one attached hydrogen (secondary N) is 1. The maximum Gasteiger partial charge on any atom is 0.0802 e. The Morgan fingerprint density at radius 1 is 1.50 bits per heavy atom. The summed E-state index contributed by atoms with van der Waals surface area (Å²) in [4.78, 5) is 4.35. The minimum atomic E-state index is 0.0863. The lowest BCUT2D eigenvalue weighted by atomic mass is 9.80. The van der Waals surface area contributed by atoms with Crippen LogP contribution in [0.25, 0.3) is 0 Å². The largest absolute Gasteiger partial charge is 0.377 e. The smallest absolute Gasteiger partial charge is 0.0802 e. The van der Waals surface area contributed by atoms with Crippen molar-refractivity contribution >= 4 is 0 Å². The van der Waals surface area contributed by atoms with E-state index in [1.807, 2.05) is 25.4 Å². The maximum absolute atomic E-state index is 5.58. The molecule has 0 spiro atoms. The number of rotatable bonds is 5. The van der Waals surface area contributed by atoms with Crippen molar-refractivity contribution in [3.8, 4) is 0 Å². The Morgan fingerprint density at radius 3 is 2.81 bits per heavy atom. The Balaban J connectivity index is 1.86. The van der Waals surface area contributed by atoms with Gasteiger partial charge in [0.25, 0.3) is 0 Å². The second-order valence-electron chi connectivity index (χ2n) is 4.60. The maximum atomic E-state index is 5.58. The fourth-order valence-electron chi connectivity index (χ4n) is 2.10. The molecule has 88 valence electrons. The SMILES string of the molecule is COC1(CNC(C)c2ccccn2)CCC1. The Hall–Kier alpha value is -0.930. The van der Waals surface area contributed by atoms with Crippen LogP contribution in [-0.2, 0) is 4.74 Å². The van der Waals surface area contributed by atoms with Gasteiger partial charge in [-0.1, -0.05) is 6.07 Å². The van der Waals surface area contributed by atoms with E-state index in [-0.39, 0.29) is 11.6 Å². The lowest BCUT2D eigenvalue weighted by Crippen LogP contribution is -2.48. The third kappa shape index (κ3) is 2.42.